The third-order valence-electron chi connectivity index (χ3n) is 2.87. The van der Waals surface area contributed by atoms with Gasteiger partial charge < -0.3 is 0 Å². The second kappa shape index (κ2) is 5.14. The van der Waals surface area contributed by atoms with Crippen molar-refractivity contribution in [3.8, 4) is 0 Å². The second-order valence-corrected chi connectivity index (χ2v) is 4.33. The van der Waals surface area contributed by atoms with Gasteiger partial charge in [0.1, 0.15) is 11.5 Å². The highest BCUT2D eigenvalue weighted by atomic mass is 19.1. The van der Waals surface area contributed by atoms with Gasteiger partial charge in [-0.3, -0.25) is 14.3 Å². The Morgan fingerprint density at radius 2 is 2.00 bits per heavy atom. The van der Waals surface area contributed by atoms with Gasteiger partial charge in [0.05, 0.1) is 6.42 Å². The lowest BCUT2D eigenvalue weighted by Gasteiger charge is -1.99. The Bertz CT molecular complexity index is 627. The normalized spacial score (nSPS) is 10.5. The zero-order valence-electron chi connectivity index (χ0n) is 10.7. The first-order valence-electron chi connectivity index (χ1n) is 5.80. The Morgan fingerprint density at radius 3 is 2.58 bits per heavy atom. The number of Topliss-reactive ketones (excluding diaryl/α,β-unsaturated/α-hetero) is 2. The highest BCUT2D eigenvalue weighted by molar-refractivity contribution is 6.12. The molecular weight excluding hydrogens is 247 g/mol. The zero-order valence-corrected chi connectivity index (χ0v) is 10.7. The SMILES string of the molecule is Cc1cc(C(=O)CC(=O)c2cccc(F)c2)nn1C. The number of carbonyl (C=O) groups excluding carboxylic acids is 2. The van der Waals surface area contributed by atoms with Crippen molar-refractivity contribution >= 4 is 11.6 Å². The summed E-state index contributed by atoms with van der Waals surface area (Å²) in [4.78, 5) is 23.7. The van der Waals surface area contributed by atoms with Gasteiger partial charge in [0, 0.05) is 18.3 Å². The second-order valence-electron chi connectivity index (χ2n) is 4.33. The van der Waals surface area contributed by atoms with Crippen LogP contribution in [-0.4, -0.2) is 21.3 Å². The lowest BCUT2D eigenvalue weighted by atomic mass is 10.0. The molecule has 0 radical (unpaired) electrons. The fourth-order valence-corrected chi connectivity index (χ4v) is 1.70. The average molecular weight is 260 g/mol. The molecule has 0 spiro atoms. The van der Waals surface area contributed by atoms with Crippen LogP contribution in [0.5, 0.6) is 0 Å². The van der Waals surface area contributed by atoms with Crippen molar-refractivity contribution in [3.05, 3.63) is 53.1 Å². The Kier molecular flexibility index (Phi) is 3.55. The third-order valence-corrected chi connectivity index (χ3v) is 2.87. The van der Waals surface area contributed by atoms with E-state index in [1.807, 2.05) is 6.92 Å². The monoisotopic (exact) mass is 260 g/mol. The smallest absolute Gasteiger partial charge is 0.190 e. The molecule has 98 valence electrons. The maximum absolute atomic E-state index is 13.0. The molecule has 0 aliphatic carbocycles. The third kappa shape index (κ3) is 2.93. The molecule has 0 atom stereocenters. The predicted molar refractivity (Wildman–Crippen MR) is 67.6 cm³/mol. The van der Waals surface area contributed by atoms with Crippen LogP contribution >= 0.6 is 0 Å². The number of benzene rings is 1. The molecule has 0 bridgehead atoms. The van der Waals surface area contributed by atoms with Gasteiger partial charge in [-0.1, -0.05) is 12.1 Å². The van der Waals surface area contributed by atoms with Crippen LogP contribution in [0.4, 0.5) is 4.39 Å². The Morgan fingerprint density at radius 1 is 1.26 bits per heavy atom. The van der Waals surface area contributed by atoms with E-state index in [1.165, 1.54) is 18.2 Å². The standard InChI is InChI=1S/C14H13FN2O2/c1-9-6-12(16-17(9)2)14(19)8-13(18)10-4-3-5-11(15)7-10/h3-7H,8H2,1-2H3. The highest BCUT2D eigenvalue weighted by Gasteiger charge is 2.16. The number of carbonyl (C=O) groups is 2. The highest BCUT2D eigenvalue weighted by Crippen LogP contribution is 2.10. The minimum atomic E-state index is -0.494. The summed E-state index contributed by atoms with van der Waals surface area (Å²) in [5.41, 5.74) is 1.28. The van der Waals surface area contributed by atoms with Crippen LogP contribution in [-0.2, 0) is 7.05 Å². The first-order chi connectivity index (χ1) is 8.97. The summed E-state index contributed by atoms with van der Waals surface area (Å²) in [6.07, 6.45) is -0.306. The molecule has 4 nitrogen and oxygen atoms in total. The van der Waals surface area contributed by atoms with Crippen molar-refractivity contribution in [2.24, 2.45) is 7.05 Å². The summed E-state index contributed by atoms with van der Waals surface area (Å²) in [7, 11) is 1.72. The summed E-state index contributed by atoms with van der Waals surface area (Å²) < 4.78 is 14.6. The molecule has 0 saturated carbocycles. The van der Waals surface area contributed by atoms with Crippen molar-refractivity contribution in [1.29, 1.82) is 0 Å². The summed E-state index contributed by atoms with van der Waals surface area (Å²) >= 11 is 0. The lowest BCUT2D eigenvalue weighted by molar-refractivity contribution is 0.0890. The van der Waals surface area contributed by atoms with Crippen LogP contribution in [0.3, 0.4) is 0 Å². The van der Waals surface area contributed by atoms with E-state index >= 15 is 0 Å². The van der Waals surface area contributed by atoms with Crippen LogP contribution in [0.1, 0.15) is 33.0 Å². The molecule has 0 fully saturated rings. The minimum absolute atomic E-state index is 0.195. The quantitative estimate of drug-likeness (QED) is 0.626. The molecule has 0 amide bonds. The summed E-state index contributed by atoms with van der Waals surface area (Å²) in [6.45, 7) is 1.82. The van der Waals surface area contributed by atoms with Crippen molar-refractivity contribution in [1.82, 2.24) is 9.78 Å². The molecule has 5 heteroatoms. The van der Waals surface area contributed by atoms with E-state index in [1.54, 1.807) is 17.8 Å². The maximum Gasteiger partial charge on any atom is 0.190 e. The van der Waals surface area contributed by atoms with Gasteiger partial charge in [0.25, 0.3) is 0 Å². The van der Waals surface area contributed by atoms with Crippen molar-refractivity contribution in [3.63, 3.8) is 0 Å². The molecule has 2 aromatic rings. The molecule has 1 aromatic carbocycles. The molecule has 0 aliphatic rings. The van der Waals surface area contributed by atoms with E-state index in [-0.39, 0.29) is 23.5 Å². The van der Waals surface area contributed by atoms with Gasteiger partial charge in [-0.25, -0.2) is 4.39 Å². The first-order valence-corrected chi connectivity index (χ1v) is 5.80. The molecule has 0 saturated heterocycles. The van der Waals surface area contributed by atoms with Gasteiger partial charge >= 0.3 is 0 Å². The van der Waals surface area contributed by atoms with E-state index in [9.17, 15) is 14.0 Å². The molecule has 1 aromatic heterocycles. The maximum atomic E-state index is 13.0. The molecule has 1 heterocycles. The van der Waals surface area contributed by atoms with Gasteiger partial charge in [-0.2, -0.15) is 5.10 Å². The van der Waals surface area contributed by atoms with Crippen LogP contribution in [0.15, 0.2) is 30.3 Å². The van der Waals surface area contributed by atoms with E-state index < -0.39 is 11.6 Å². The average Bonchev–Trinajstić information content (AvgIpc) is 2.69. The number of halogens is 1. The van der Waals surface area contributed by atoms with Crippen molar-refractivity contribution in [2.45, 2.75) is 13.3 Å². The van der Waals surface area contributed by atoms with Crippen LogP contribution < -0.4 is 0 Å². The summed E-state index contributed by atoms with van der Waals surface area (Å²) in [6, 6.07) is 6.93. The van der Waals surface area contributed by atoms with Gasteiger partial charge in [-0.05, 0) is 25.1 Å². The van der Waals surface area contributed by atoms with Crippen LogP contribution in [0.2, 0.25) is 0 Å². The van der Waals surface area contributed by atoms with Gasteiger partial charge in [-0.15, -0.1) is 0 Å². The fraction of sp³-hybridized carbons (Fsp3) is 0.214. The Balaban J connectivity index is 2.13. The summed E-state index contributed by atoms with van der Waals surface area (Å²) in [5.74, 6) is -1.27. The van der Waals surface area contributed by atoms with E-state index in [4.69, 9.17) is 0 Å². The number of aromatic nitrogens is 2. The predicted octanol–water partition coefficient (Wildman–Crippen LogP) is 2.32. The molecule has 0 aliphatic heterocycles. The first kappa shape index (κ1) is 13.1. The van der Waals surface area contributed by atoms with Gasteiger partial charge in [0.2, 0.25) is 0 Å². The topological polar surface area (TPSA) is 52.0 Å². The van der Waals surface area contributed by atoms with Crippen LogP contribution in [0, 0.1) is 12.7 Å². The molecule has 19 heavy (non-hydrogen) atoms. The van der Waals surface area contributed by atoms with Crippen molar-refractivity contribution in [2.75, 3.05) is 0 Å². The zero-order chi connectivity index (χ0) is 14.0. The Labute approximate surface area is 109 Å². The molecule has 2 rings (SSSR count). The number of nitrogens with zero attached hydrogens (tertiary/aromatic N) is 2. The summed E-state index contributed by atoms with van der Waals surface area (Å²) in [5, 5.41) is 4.02. The molecule has 0 N–H and O–H groups in total. The largest absolute Gasteiger partial charge is 0.294 e. The number of rotatable bonds is 4. The number of hydrogen-bond donors (Lipinski definition) is 0. The number of hydrogen-bond acceptors (Lipinski definition) is 3. The van der Waals surface area contributed by atoms with Crippen molar-refractivity contribution < 1.29 is 14.0 Å². The van der Waals surface area contributed by atoms with E-state index in [0.29, 0.717) is 0 Å². The van der Waals surface area contributed by atoms with E-state index in [0.717, 1.165) is 11.8 Å². The van der Waals surface area contributed by atoms with Gasteiger partial charge in [0.15, 0.2) is 11.6 Å². The fourth-order valence-electron chi connectivity index (χ4n) is 1.70. The molecular formula is C14H13FN2O2. The Hall–Kier alpha value is -2.30. The lowest BCUT2D eigenvalue weighted by Crippen LogP contribution is -2.09. The van der Waals surface area contributed by atoms with Crippen LogP contribution in [0.25, 0.3) is 0 Å². The molecule has 0 unspecified atom stereocenters. The number of aryl methyl sites for hydroxylation is 2. The minimum Gasteiger partial charge on any atom is -0.294 e. The number of ketones is 2. The van der Waals surface area contributed by atoms with E-state index in [2.05, 4.69) is 5.10 Å².